The Hall–Kier alpha value is -1.49. The van der Waals surface area contributed by atoms with Gasteiger partial charge < -0.3 is 4.90 Å². The standard InChI is InChI=1S/C11H14N2O2S/c1-8(12(3)9(2)16)10-4-6-11(7-5-10)13(14)15/h4-8H,1-3H3. The average Bonchev–Trinajstić information content (AvgIpc) is 2.27. The van der Waals surface area contributed by atoms with E-state index >= 15 is 0 Å². The minimum absolute atomic E-state index is 0.109. The fourth-order valence-electron chi connectivity index (χ4n) is 1.37. The highest BCUT2D eigenvalue weighted by molar-refractivity contribution is 7.80. The number of rotatable bonds is 3. The Kier molecular flexibility index (Phi) is 3.95. The highest BCUT2D eigenvalue weighted by Gasteiger charge is 2.13. The Balaban J connectivity index is 2.89. The fraction of sp³-hybridized carbons (Fsp3) is 0.364. The molecule has 1 atom stereocenters. The minimum atomic E-state index is -0.400. The summed E-state index contributed by atoms with van der Waals surface area (Å²) in [5.74, 6) is 0. The van der Waals surface area contributed by atoms with E-state index in [9.17, 15) is 10.1 Å². The predicted molar refractivity (Wildman–Crippen MR) is 67.5 cm³/mol. The van der Waals surface area contributed by atoms with Gasteiger partial charge in [-0.3, -0.25) is 10.1 Å². The molecule has 5 heteroatoms. The second-order valence-electron chi connectivity index (χ2n) is 3.65. The molecule has 1 unspecified atom stereocenters. The van der Waals surface area contributed by atoms with Crippen LogP contribution in [-0.4, -0.2) is 21.9 Å². The molecular formula is C11H14N2O2S. The average molecular weight is 238 g/mol. The molecule has 16 heavy (non-hydrogen) atoms. The van der Waals surface area contributed by atoms with Crippen LogP contribution in [0.4, 0.5) is 5.69 Å². The van der Waals surface area contributed by atoms with Crippen LogP contribution < -0.4 is 0 Å². The molecule has 0 amide bonds. The van der Waals surface area contributed by atoms with Crippen LogP contribution in [-0.2, 0) is 0 Å². The largest absolute Gasteiger partial charge is 0.363 e. The van der Waals surface area contributed by atoms with E-state index in [1.165, 1.54) is 12.1 Å². The summed E-state index contributed by atoms with van der Waals surface area (Å²) in [6, 6.07) is 6.67. The van der Waals surface area contributed by atoms with Crippen LogP contribution in [0.25, 0.3) is 0 Å². The molecule has 0 saturated carbocycles. The van der Waals surface area contributed by atoms with E-state index in [0.717, 1.165) is 10.6 Å². The summed E-state index contributed by atoms with van der Waals surface area (Å²) in [6.07, 6.45) is 0. The fourth-order valence-corrected chi connectivity index (χ4v) is 1.53. The van der Waals surface area contributed by atoms with Crippen molar-refractivity contribution in [3.63, 3.8) is 0 Å². The third kappa shape index (κ3) is 2.76. The molecule has 0 spiro atoms. The van der Waals surface area contributed by atoms with E-state index in [-0.39, 0.29) is 11.7 Å². The smallest absolute Gasteiger partial charge is 0.269 e. The second-order valence-corrected chi connectivity index (χ2v) is 4.25. The summed E-state index contributed by atoms with van der Waals surface area (Å²) < 4.78 is 0. The van der Waals surface area contributed by atoms with Gasteiger partial charge in [0.15, 0.2) is 0 Å². The molecule has 1 aromatic rings. The lowest BCUT2D eigenvalue weighted by molar-refractivity contribution is -0.384. The number of hydrogen-bond donors (Lipinski definition) is 0. The number of hydrogen-bond acceptors (Lipinski definition) is 3. The van der Waals surface area contributed by atoms with Crippen molar-refractivity contribution >= 4 is 22.9 Å². The molecule has 1 aromatic carbocycles. The second kappa shape index (κ2) is 5.03. The Bertz CT molecular complexity index is 403. The maximum atomic E-state index is 10.5. The zero-order valence-corrected chi connectivity index (χ0v) is 10.3. The predicted octanol–water partition coefficient (Wildman–Crippen LogP) is 2.93. The van der Waals surface area contributed by atoms with Gasteiger partial charge in [0.25, 0.3) is 5.69 Å². The van der Waals surface area contributed by atoms with Crippen molar-refractivity contribution < 1.29 is 4.92 Å². The van der Waals surface area contributed by atoms with Gasteiger partial charge in [-0.1, -0.05) is 24.4 Å². The zero-order valence-electron chi connectivity index (χ0n) is 9.51. The van der Waals surface area contributed by atoms with Gasteiger partial charge in [-0.25, -0.2) is 0 Å². The van der Waals surface area contributed by atoms with E-state index < -0.39 is 4.92 Å². The van der Waals surface area contributed by atoms with Crippen LogP contribution in [0.15, 0.2) is 24.3 Å². The zero-order chi connectivity index (χ0) is 12.3. The van der Waals surface area contributed by atoms with E-state index in [1.807, 2.05) is 25.8 Å². The van der Waals surface area contributed by atoms with Crippen molar-refractivity contribution in [1.82, 2.24) is 4.90 Å². The summed E-state index contributed by atoms with van der Waals surface area (Å²) in [7, 11) is 1.91. The van der Waals surface area contributed by atoms with Gasteiger partial charge in [0.2, 0.25) is 0 Å². The third-order valence-corrected chi connectivity index (χ3v) is 2.95. The van der Waals surface area contributed by atoms with Crippen LogP contribution in [0.1, 0.15) is 25.5 Å². The Labute approximate surface area is 100 Å². The van der Waals surface area contributed by atoms with Crippen LogP contribution in [0.2, 0.25) is 0 Å². The third-order valence-electron chi connectivity index (χ3n) is 2.66. The minimum Gasteiger partial charge on any atom is -0.363 e. The topological polar surface area (TPSA) is 46.4 Å². The molecule has 0 aliphatic rings. The Morgan fingerprint density at radius 1 is 1.44 bits per heavy atom. The first-order chi connectivity index (χ1) is 7.43. The molecule has 86 valence electrons. The molecule has 0 aromatic heterocycles. The van der Waals surface area contributed by atoms with Crippen LogP contribution in [0.3, 0.4) is 0 Å². The number of non-ortho nitro benzene ring substituents is 1. The van der Waals surface area contributed by atoms with Crippen LogP contribution in [0, 0.1) is 10.1 Å². The summed E-state index contributed by atoms with van der Waals surface area (Å²) in [5, 5.41) is 10.5. The first-order valence-corrected chi connectivity index (χ1v) is 5.32. The molecule has 0 aliphatic carbocycles. The maximum absolute atomic E-state index is 10.5. The van der Waals surface area contributed by atoms with Crippen LogP contribution >= 0.6 is 12.2 Å². The van der Waals surface area contributed by atoms with Crippen molar-refractivity contribution in [2.24, 2.45) is 0 Å². The van der Waals surface area contributed by atoms with Gasteiger partial charge in [-0.05, 0) is 19.4 Å². The maximum Gasteiger partial charge on any atom is 0.269 e. The molecule has 0 radical (unpaired) electrons. The van der Waals surface area contributed by atoms with E-state index in [4.69, 9.17) is 12.2 Å². The Morgan fingerprint density at radius 2 is 1.94 bits per heavy atom. The number of benzene rings is 1. The molecule has 0 aliphatic heterocycles. The molecule has 0 saturated heterocycles. The Morgan fingerprint density at radius 3 is 2.31 bits per heavy atom. The lowest BCUT2D eigenvalue weighted by Gasteiger charge is -2.25. The first-order valence-electron chi connectivity index (χ1n) is 4.91. The van der Waals surface area contributed by atoms with Crippen molar-refractivity contribution in [1.29, 1.82) is 0 Å². The summed E-state index contributed by atoms with van der Waals surface area (Å²) in [4.78, 5) is 12.9. The van der Waals surface area contributed by atoms with Gasteiger partial charge in [-0.2, -0.15) is 0 Å². The summed E-state index contributed by atoms with van der Waals surface area (Å²) >= 11 is 5.08. The molecule has 4 nitrogen and oxygen atoms in total. The highest BCUT2D eigenvalue weighted by atomic mass is 32.1. The van der Waals surface area contributed by atoms with E-state index in [2.05, 4.69) is 0 Å². The molecule has 0 fully saturated rings. The van der Waals surface area contributed by atoms with E-state index in [1.54, 1.807) is 12.1 Å². The quantitative estimate of drug-likeness (QED) is 0.461. The number of thiocarbonyl (C=S) groups is 1. The molecule has 0 N–H and O–H groups in total. The van der Waals surface area contributed by atoms with Gasteiger partial charge >= 0.3 is 0 Å². The lowest BCUT2D eigenvalue weighted by atomic mass is 10.1. The van der Waals surface area contributed by atoms with Gasteiger partial charge in [-0.15, -0.1) is 0 Å². The SMILES string of the molecule is CC(=S)N(C)C(C)c1ccc([N+](=O)[O-])cc1. The highest BCUT2D eigenvalue weighted by Crippen LogP contribution is 2.21. The number of nitrogens with zero attached hydrogens (tertiary/aromatic N) is 2. The van der Waals surface area contributed by atoms with Crippen LogP contribution in [0.5, 0.6) is 0 Å². The van der Waals surface area contributed by atoms with Crippen molar-refractivity contribution in [3.05, 3.63) is 39.9 Å². The number of nitro benzene ring substituents is 1. The monoisotopic (exact) mass is 238 g/mol. The normalized spacial score (nSPS) is 11.9. The van der Waals surface area contributed by atoms with Crippen molar-refractivity contribution in [2.45, 2.75) is 19.9 Å². The van der Waals surface area contributed by atoms with Crippen molar-refractivity contribution in [3.8, 4) is 0 Å². The molecule has 0 bridgehead atoms. The lowest BCUT2D eigenvalue weighted by Crippen LogP contribution is -2.25. The summed E-state index contributed by atoms with van der Waals surface area (Å²) in [5.41, 5.74) is 1.12. The first kappa shape index (κ1) is 12.6. The number of nitro groups is 1. The molecule has 1 rings (SSSR count). The van der Waals surface area contributed by atoms with Gasteiger partial charge in [0, 0.05) is 19.2 Å². The van der Waals surface area contributed by atoms with E-state index in [0.29, 0.717) is 0 Å². The van der Waals surface area contributed by atoms with Crippen molar-refractivity contribution in [2.75, 3.05) is 7.05 Å². The summed E-state index contributed by atoms with van der Waals surface area (Å²) in [6.45, 7) is 3.87. The molecular weight excluding hydrogens is 224 g/mol. The molecule has 0 heterocycles. The van der Waals surface area contributed by atoms with Gasteiger partial charge in [0.1, 0.15) is 0 Å². The van der Waals surface area contributed by atoms with Gasteiger partial charge in [0.05, 0.1) is 16.0 Å².